The summed E-state index contributed by atoms with van der Waals surface area (Å²) < 4.78 is 13.2. The van der Waals surface area contributed by atoms with Crippen LogP contribution >= 0.6 is 0 Å². The number of carbonyl (C=O) groups is 2. The van der Waals surface area contributed by atoms with Gasteiger partial charge in [0, 0.05) is 20.0 Å². The molecular formula is C24H25FN2O2. The smallest absolute Gasteiger partial charge is 0.242 e. The van der Waals surface area contributed by atoms with Crippen LogP contribution in [0, 0.1) is 5.82 Å². The first kappa shape index (κ1) is 20.5. The first-order chi connectivity index (χ1) is 14.0. The van der Waals surface area contributed by atoms with Crippen LogP contribution in [-0.2, 0) is 22.6 Å². The minimum absolute atomic E-state index is 0.113. The molecule has 0 heterocycles. The first-order valence-electron chi connectivity index (χ1n) is 9.71. The van der Waals surface area contributed by atoms with Gasteiger partial charge in [-0.15, -0.1) is 0 Å². The van der Waals surface area contributed by atoms with Crippen molar-refractivity contribution >= 4 is 22.6 Å². The van der Waals surface area contributed by atoms with Crippen molar-refractivity contribution in [3.8, 4) is 0 Å². The Kier molecular flexibility index (Phi) is 6.60. The third kappa shape index (κ3) is 4.99. The summed E-state index contributed by atoms with van der Waals surface area (Å²) in [7, 11) is 1.55. The van der Waals surface area contributed by atoms with Crippen molar-refractivity contribution in [1.29, 1.82) is 0 Å². The molecule has 29 heavy (non-hydrogen) atoms. The largest absolute Gasteiger partial charge is 0.357 e. The fraction of sp³-hybridized carbons (Fsp3) is 0.250. The van der Waals surface area contributed by atoms with Crippen molar-refractivity contribution in [1.82, 2.24) is 10.2 Å². The van der Waals surface area contributed by atoms with Gasteiger partial charge in [0.15, 0.2) is 0 Å². The second-order valence-corrected chi connectivity index (χ2v) is 7.08. The molecule has 0 aliphatic heterocycles. The van der Waals surface area contributed by atoms with Crippen molar-refractivity contribution in [2.75, 3.05) is 7.05 Å². The van der Waals surface area contributed by atoms with Gasteiger partial charge in [0.2, 0.25) is 11.8 Å². The lowest BCUT2D eigenvalue weighted by atomic mass is 10.0. The second-order valence-electron chi connectivity index (χ2n) is 7.08. The van der Waals surface area contributed by atoms with Gasteiger partial charge < -0.3 is 10.2 Å². The molecule has 1 atom stereocenters. The van der Waals surface area contributed by atoms with Crippen LogP contribution in [0.4, 0.5) is 4.39 Å². The highest BCUT2D eigenvalue weighted by Crippen LogP contribution is 2.21. The quantitative estimate of drug-likeness (QED) is 0.659. The molecule has 0 radical (unpaired) electrons. The molecular weight excluding hydrogens is 367 g/mol. The summed E-state index contributed by atoms with van der Waals surface area (Å²) in [5.41, 5.74) is 1.88. The predicted octanol–water partition coefficient (Wildman–Crippen LogP) is 4.07. The third-order valence-corrected chi connectivity index (χ3v) is 5.17. The molecule has 1 N–H and O–H groups in total. The Bertz CT molecular complexity index is 996. The molecule has 0 saturated carbocycles. The van der Waals surface area contributed by atoms with Gasteiger partial charge in [-0.25, -0.2) is 4.39 Å². The lowest BCUT2D eigenvalue weighted by Gasteiger charge is -2.28. The number of fused-ring (bicyclic) bond motifs is 1. The fourth-order valence-corrected chi connectivity index (χ4v) is 3.47. The predicted molar refractivity (Wildman–Crippen MR) is 113 cm³/mol. The Balaban J connectivity index is 1.78. The van der Waals surface area contributed by atoms with Crippen molar-refractivity contribution in [2.45, 2.75) is 32.4 Å². The van der Waals surface area contributed by atoms with E-state index < -0.39 is 6.04 Å². The molecule has 2 amide bonds. The molecule has 3 aromatic rings. The summed E-state index contributed by atoms with van der Waals surface area (Å²) in [5, 5.41) is 4.87. The topological polar surface area (TPSA) is 49.4 Å². The lowest BCUT2D eigenvalue weighted by molar-refractivity contribution is -0.140. The zero-order valence-corrected chi connectivity index (χ0v) is 16.7. The number of nitrogens with zero attached hydrogens (tertiary/aromatic N) is 1. The molecule has 0 unspecified atom stereocenters. The van der Waals surface area contributed by atoms with E-state index in [1.165, 1.54) is 12.1 Å². The van der Waals surface area contributed by atoms with Crippen LogP contribution in [0.3, 0.4) is 0 Å². The van der Waals surface area contributed by atoms with Gasteiger partial charge in [0.1, 0.15) is 11.9 Å². The van der Waals surface area contributed by atoms with E-state index in [0.717, 1.165) is 21.9 Å². The number of hydrogen-bond donors (Lipinski definition) is 1. The van der Waals surface area contributed by atoms with E-state index in [4.69, 9.17) is 0 Å². The van der Waals surface area contributed by atoms with E-state index in [0.29, 0.717) is 6.42 Å². The summed E-state index contributed by atoms with van der Waals surface area (Å²) in [6.45, 7) is 1.96. The van der Waals surface area contributed by atoms with Crippen LogP contribution in [-0.4, -0.2) is 29.8 Å². The summed E-state index contributed by atoms with van der Waals surface area (Å²) in [5.74, 6) is -0.675. The Labute approximate surface area is 170 Å². The highest BCUT2D eigenvalue weighted by Gasteiger charge is 2.25. The molecule has 3 aromatic carbocycles. The Morgan fingerprint density at radius 2 is 1.69 bits per heavy atom. The zero-order chi connectivity index (χ0) is 20.8. The fourth-order valence-electron chi connectivity index (χ4n) is 3.47. The monoisotopic (exact) mass is 392 g/mol. The van der Waals surface area contributed by atoms with Gasteiger partial charge >= 0.3 is 0 Å². The molecule has 3 rings (SSSR count). The molecule has 5 heteroatoms. The minimum Gasteiger partial charge on any atom is -0.357 e. The van der Waals surface area contributed by atoms with E-state index in [2.05, 4.69) is 23.5 Å². The molecule has 4 nitrogen and oxygen atoms in total. The number of halogens is 1. The van der Waals surface area contributed by atoms with E-state index in [1.807, 2.05) is 24.3 Å². The number of aryl methyl sites for hydroxylation is 1. The molecule has 0 fully saturated rings. The van der Waals surface area contributed by atoms with Crippen LogP contribution < -0.4 is 5.32 Å². The summed E-state index contributed by atoms with van der Waals surface area (Å²) in [4.78, 5) is 26.8. The Morgan fingerprint density at radius 1 is 1.00 bits per heavy atom. The van der Waals surface area contributed by atoms with Crippen molar-refractivity contribution in [3.05, 3.63) is 83.7 Å². The molecule has 0 aliphatic rings. The van der Waals surface area contributed by atoms with E-state index >= 15 is 0 Å². The molecule has 0 aliphatic carbocycles. The van der Waals surface area contributed by atoms with Crippen molar-refractivity contribution in [3.63, 3.8) is 0 Å². The van der Waals surface area contributed by atoms with Crippen LogP contribution in [0.5, 0.6) is 0 Å². The van der Waals surface area contributed by atoms with Gasteiger partial charge in [0.25, 0.3) is 0 Å². The number of rotatable bonds is 7. The number of benzene rings is 3. The number of likely N-dealkylation sites (N-methyl/N-ethyl adjacent to an activating group) is 1. The Hall–Kier alpha value is -3.21. The zero-order valence-electron chi connectivity index (χ0n) is 16.7. The van der Waals surface area contributed by atoms with Crippen LogP contribution in [0.25, 0.3) is 10.8 Å². The maximum absolute atomic E-state index is 13.2. The molecule has 0 bridgehead atoms. The summed E-state index contributed by atoms with van der Waals surface area (Å²) >= 11 is 0. The van der Waals surface area contributed by atoms with Gasteiger partial charge in [-0.1, -0.05) is 54.6 Å². The van der Waals surface area contributed by atoms with Crippen LogP contribution in [0.2, 0.25) is 0 Å². The van der Waals surface area contributed by atoms with Gasteiger partial charge in [0.05, 0.1) is 0 Å². The minimum atomic E-state index is -0.620. The Morgan fingerprint density at radius 3 is 2.41 bits per heavy atom. The van der Waals surface area contributed by atoms with Crippen LogP contribution in [0.1, 0.15) is 24.5 Å². The van der Waals surface area contributed by atoms with Gasteiger partial charge in [-0.2, -0.15) is 0 Å². The lowest BCUT2D eigenvalue weighted by Crippen LogP contribution is -2.46. The molecule has 150 valence electrons. The second kappa shape index (κ2) is 9.32. The maximum atomic E-state index is 13.2. The number of carbonyl (C=O) groups excluding carboxylic acids is 2. The average molecular weight is 392 g/mol. The highest BCUT2D eigenvalue weighted by molar-refractivity contribution is 5.88. The number of hydrogen-bond acceptors (Lipinski definition) is 2. The number of nitrogens with one attached hydrogen (secondary N) is 1. The van der Waals surface area contributed by atoms with Crippen molar-refractivity contribution in [2.24, 2.45) is 0 Å². The van der Waals surface area contributed by atoms with Gasteiger partial charge in [-0.05, 0) is 47.4 Å². The van der Waals surface area contributed by atoms with E-state index in [-0.39, 0.29) is 30.6 Å². The highest BCUT2D eigenvalue weighted by atomic mass is 19.1. The normalized spacial score (nSPS) is 11.8. The first-order valence-corrected chi connectivity index (χ1v) is 9.71. The third-order valence-electron chi connectivity index (χ3n) is 5.17. The maximum Gasteiger partial charge on any atom is 0.242 e. The standard InChI is InChI=1S/C24H25FN2O2/c1-17(24(29)26-2)27(16-18-10-13-21(25)14-11-18)23(28)15-12-20-8-5-7-19-6-3-4-9-22(19)20/h3-11,13-14,17H,12,15-16H2,1-2H3,(H,26,29)/t17-/m0/s1. The van der Waals surface area contributed by atoms with E-state index in [9.17, 15) is 14.0 Å². The summed E-state index contributed by atoms with van der Waals surface area (Å²) in [6, 6.07) is 19.5. The average Bonchev–Trinajstić information content (AvgIpc) is 2.76. The summed E-state index contributed by atoms with van der Waals surface area (Å²) in [6.07, 6.45) is 0.872. The molecule has 0 spiro atoms. The number of amides is 2. The van der Waals surface area contributed by atoms with Crippen molar-refractivity contribution < 1.29 is 14.0 Å². The SMILES string of the molecule is CNC(=O)[C@H](C)N(Cc1ccc(F)cc1)C(=O)CCc1cccc2ccccc12. The molecule has 0 saturated heterocycles. The molecule has 0 aromatic heterocycles. The van der Waals surface area contributed by atoms with E-state index in [1.54, 1.807) is 31.0 Å². The van der Waals surface area contributed by atoms with Gasteiger partial charge in [-0.3, -0.25) is 9.59 Å². The van der Waals surface area contributed by atoms with Crippen LogP contribution in [0.15, 0.2) is 66.7 Å².